The van der Waals surface area contributed by atoms with Gasteiger partial charge >= 0.3 is 0 Å². The fraction of sp³-hybridized carbons (Fsp3) is 0.300. The number of amides is 2. The van der Waals surface area contributed by atoms with Crippen LogP contribution in [0.25, 0.3) is 0 Å². The molecule has 0 atom stereocenters. The molecule has 0 saturated heterocycles. The molecular formula is C20H22Cl2N2O2. The molecule has 0 aliphatic heterocycles. The Bertz CT molecular complexity index is 857. The Kier molecular flexibility index (Phi) is 5.99. The number of hydrogen-bond donors (Lipinski definition) is 1. The summed E-state index contributed by atoms with van der Waals surface area (Å²) in [5.74, 6) is -0.781. The Hall–Kier alpha value is -2.04. The van der Waals surface area contributed by atoms with Crippen LogP contribution in [-0.2, 0) is 0 Å². The first-order chi connectivity index (χ1) is 12.0. The summed E-state index contributed by atoms with van der Waals surface area (Å²) in [5, 5.41) is 1.76. The molecule has 2 aromatic carbocycles. The number of hydrazine groups is 1. The van der Waals surface area contributed by atoms with Crippen LogP contribution in [0.2, 0.25) is 10.0 Å². The van der Waals surface area contributed by atoms with E-state index >= 15 is 0 Å². The third-order valence-electron chi connectivity index (χ3n) is 4.12. The predicted molar refractivity (Wildman–Crippen MR) is 106 cm³/mol. The zero-order valence-electron chi connectivity index (χ0n) is 15.5. The molecule has 0 fully saturated rings. The summed E-state index contributed by atoms with van der Waals surface area (Å²) < 4.78 is 0. The molecule has 0 bridgehead atoms. The van der Waals surface area contributed by atoms with Gasteiger partial charge in [-0.3, -0.25) is 15.0 Å². The molecule has 0 unspecified atom stereocenters. The molecule has 2 aromatic rings. The Morgan fingerprint density at radius 3 is 2.15 bits per heavy atom. The van der Waals surface area contributed by atoms with Gasteiger partial charge in [0.1, 0.15) is 0 Å². The van der Waals surface area contributed by atoms with Crippen molar-refractivity contribution in [1.82, 2.24) is 10.4 Å². The van der Waals surface area contributed by atoms with Crippen LogP contribution < -0.4 is 5.43 Å². The fourth-order valence-electron chi connectivity index (χ4n) is 2.47. The summed E-state index contributed by atoms with van der Waals surface area (Å²) in [6.07, 6.45) is 0. The van der Waals surface area contributed by atoms with E-state index < -0.39 is 11.4 Å². The second kappa shape index (κ2) is 7.68. The second-order valence-corrected chi connectivity index (χ2v) is 7.89. The van der Waals surface area contributed by atoms with Crippen molar-refractivity contribution in [3.63, 3.8) is 0 Å². The van der Waals surface area contributed by atoms with Crippen molar-refractivity contribution in [1.29, 1.82) is 0 Å². The van der Waals surface area contributed by atoms with Gasteiger partial charge in [0.2, 0.25) is 0 Å². The van der Waals surface area contributed by atoms with Gasteiger partial charge in [-0.2, -0.15) is 0 Å². The molecule has 0 heterocycles. The minimum Gasteiger partial charge on any atom is -0.267 e. The Balaban J connectivity index is 2.40. The van der Waals surface area contributed by atoms with Gasteiger partial charge in [-0.15, -0.1) is 0 Å². The van der Waals surface area contributed by atoms with Crippen LogP contribution in [0.15, 0.2) is 36.4 Å². The van der Waals surface area contributed by atoms with Crippen LogP contribution in [0.3, 0.4) is 0 Å². The molecule has 1 N–H and O–H groups in total. The summed E-state index contributed by atoms with van der Waals surface area (Å²) in [7, 11) is 0. The molecule has 0 aliphatic rings. The maximum atomic E-state index is 13.1. The summed E-state index contributed by atoms with van der Waals surface area (Å²) in [4.78, 5) is 25.8. The van der Waals surface area contributed by atoms with Crippen LogP contribution in [0.5, 0.6) is 0 Å². The number of nitrogens with zero attached hydrogens (tertiary/aromatic N) is 1. The van der Waals surface area contributed by atoms with Gasteiger partial charge in [0.15, 0.2) is 0 Å². The van der Waals surface area contributed by atoms with Crippen molar-refractivity contribution in [2.45, 2.75) is 40.2 Å². The highest BCUT2D eigenvalue weighted by Crippen LogP contribution is 2.26. The van der Waals surface area contributed by atoms with E-state index in [0.717, 1.165) is 11.1 Å². The summed E-state index contributed by atoms with van der Waals surface area (Å²) >= 11 is 12.1. The first-order valence-corrected chi connectivity index (χ1v) is 8.95. The van der Waals surface area contributed by atoms with E-state index in [1.165, 1.54) is 5.01 Å². The quantitative estimate of drug-likeness (QED) is 0.714. The second-order valence-electron chi connectivity index (χ2n) is 7.10. The maximum absolute atomic E-state index is 13.1. The van der Waals surface area contributed by atoms with Gasteiger partial charge < -0.3 is 0 Å². The van der Waals surface area contributed by atoms with E-state index in [-0.39, 0.29) is 21.5 Å². The predicted octanol–water partition coefficient (Wildman–Crippen LogP) is 5.20. The Labute approximate surface area is 164 Å². The molecule has 4 nitrogen and oxygen atoms in total. The smallest absolute Gasteiger partial charge is 0.267 e. The van der Waals surface area contributed by atoms with Gasteiger partial charge in [0, 0.05) is 5.56 Å². The minimum absolute atomic E-state index is 0.153. The Morgan fingerprint density at radius 2 is 1.54 bits per heavy atom. The molecule has 2 amide bonds. The topological polar surface area (TPSA) is 49.4 Å². The van der Waals surface area contributed by atoms with Crippen molar-refractivity contribution < 1.29 is 9.59 Å². The zero-order valence-corrected chi connectivity index (χ0v) is 17.0. The van der Waals surface area contributed by atoms with Crippen molar-refractivity contribution in [3.05, 3.63) is 68.7 Å². The van der Waals surface area contributed by atoms with Crippen molar-refractivity contribution in [3.8, 4) is 0 Å². The first kappa shape index (κ1) is 20.3. The molecule has 0 aromatic heterocycles. The van der Waals surface area contributed by atoms with E-state index in [1.807, 2.05) is 46.8 Å². The van der Waals surface area contributed by atoms with Gasteiger partial charge in [0.25, 0.3) is 11.8 Å². The van der Waals surface area contributed by atoms with Crippen LogP contribution in [0, 0.1) is 13.8 Å². The maximum Gasteiger partial charge on any atom is 0.273 e. The largest absolute Gasteiger partial charge is 0.273 e. The average Bonchev–Trinajstić information content (AvgIpc) is 2.55. The van der Waals surface area contributed by atoms with Crippen LogP contribution in [0.4, 0.5) is 0 Å². The van der Waals surface area contributed by atoms with Gasteiger partial charge in [-0.05, 0) is 63.9 Å². The molecular weight excluding hydrogens is 371 g/mol. The van der Waals surface area contributed by atoms with Crippen LogP contribution >= 0.6 is 23.2 Å². The standard InChI is InChI=1S/C20H22Cl2N2O2/c1-12-8-6-9-14(13(12)2)19(26)24(20(3,4)5)23-18(25)15-10-7-11-16(21)17(15)22/h6-11H,1-5H3,(H,23,25). The van der Waals surface area contributed by atoms with Crippen LogP contribution in [-0.4, -0.2) is 22.4 Å². The molecule has 6 heteroatoms. The van der Waals surface area contributed by atoms with Gasteiger partial charge in [0.05, 0.1) is 21.1 Å². The van der Waals surface area contributed by atoms with Crippen LogP contribution in [0.1, 0.15) is 52.6 Å². The summed E-state index contributed by atoms with van der Waals surface area (Å²) in [6.45, 7) is 9.36. The van der Waals surface area contributed by atoms with E-state index in [9.17, 15) is 9.59 Å². The number of benzene rings is 2. The van der Waals surface area contributed by atoms with E-state index in [1.54, 1.807) is 24.3 Å². The number of rotatable bonds is 2. The Morgan fingerprint density at radius 1 is 0.962 bits per heavy atom. The lowest BCUT2D eigenvalue weighted by molar-refractivity contribution is 0.0358. The number of aryl methyl sites for hydroxylation is 1. The average molecular weight is 393 g/mol. The fourth-order valence-corrected chi connectivity index (χ4v) is 2.85. The van der Waals surface area contributed by atoms with E-state index in [2.05, 4.69) is 5.43 Å². The van der Waals surface area contributed by atoms with E-state index in [4.69, 9.17) is 23.2 Å². The van der Waals surface area contributed by atoms with Gasteiger partial charge in [-0.25, -0.2) is 5.01 Å². The molecule has 0 aliphatic carbocycles. The number of hydrogen-bond acceptors (Lipinski definition) is 2. The van der Waals surface area contributed by atoms with Crippen molar-refractivity contribution in [2.75, 3.05) is 0 Å². The highest BCUT2D eigenvalue weighted by Gasteiger charge is 2.31. The SMILES string of the molecule is Cc1cccc(C(=O)N(NC(=O)c2cccc(Cl)c2Cl)C(C)(C)C)c1C. The molecule has 0 saturated carbocycles. The lowest BCUT2D eigenvalue weighted by Gasteiger charge is -2.36. The number of carbonyl (C=O) groups is 2. The molecule has 138 valence electrons. The number of halogens is 2. The molecule has 0 radical (unpaired) electrons. The minimum atomic E-state index is -0.645. The molecule has 0 spiro atoms. The zero-order chi connectivity index (χ0) is 19.6. The van der Waals surface area contributed by atoms with Crippen molar-refractivity contribution >= 4 is 35.0 Å². The normalized spacial score (nSPS) is 11.2. The van der Waals surface area contributed by atoms with Crippen molar-refractivity contribution in [2.24, 2.45) is 0 Å². The van der Waals surface area contributed by atoms with E-state index in [0.29, 0.717) is 5.56 Å². The third kappa shape index (κ3) is 4.19. The first-order valence-electron chi connectivity index (χ1n) is 8.20. The number of nitrogens with one attached hydrogen (secondary N) is 1. The molecule has 26 heavy (non-hydrogen) atoms. The van der Waals surface area contributed by atoms with Gasteiger partial charge in [-0.1, -0.05) is 41.4 Å². The summed E-state index contributed by atoms with van der Waals surface area (Å²) in [5.41, 5.74) is 4.68. The highest BCUT2D eigenvalue weighted by molar-refractivity contribution is 6.43. The lowest BCUT2D eigenvalue weighted by atomic mass is 10.0. The third-order valence-corrected chi connectivity index (χ3v) is 4.94. The monoisotopic (exact) mass is 392 g/mol. The highest BCUT2D eigenvalue weighted by atomic mass is 35.5. The molecule has 2 rings (SSSR count). The lowest BCUT2D eigenvalue weighted by Crippen LogP contribution is -2.56. The number of carbonyl (C=O) groups excluding carboxylic acids is 2. The summed E-state index contributed by atoms with van der Waals surface area (Å²) in [6, 6.07) is 10.3.